The molecule has 0 bridgehead atoms. The molecule has 0 amide bonds. The summed E-state index contributed by atoms with van der Waals surface area (Å²) >= 11 is 0. The zero-order valence-electron chi connectivity index (χ0n) is 7.10. The Bertz CT molecular complexity index is 379. The van der Waals surface area contributed by atoms with E-state index in [0.717, 1.165) is 6.07 Å². The Kier molecular flexibility index (Phi) is 2.85. The van der Waals surface area contributed by atoms with E-state index in [-0.39, 0.29) is 17.4 Å². The van der Waals surface area contributed by atoms with E-state index >= 15 is 0 Å². The van der Waals surface area contributed by atoms with Crippen molar-refractivity contribution in [2.75, 3.05) is 0 Å². The molecule has 0 aliphatic heterocycles. The third kappa shape index (κ3) is 2.08. The van der Waals surface area contributed by atoms with Gasteiger partial charge < -0.3 is 0 Å². The van der Waals surface area contributed by atoms with Gasteiger partial charge in [-0.3, -0.25) is 0 Å². The molecule has 0 N–H and O–H groups in total. The molecular weight excluding hydrogens is 190 g/mol. The van der Waals surface area contributed by atoms with E-state index in [4.69, 9.17) is 13.1 Å². The third-order valence-electron chi connectivity index (χ3n) is 1.76. The first-order valence-corrected chi connectivity index (χ1v) is 3.79. The maximum Gasteiger partial charge on any atom is 0.416 e. The molecule has 1 rings (SSSR count). The molecule has 1 aromatic carbocycles. The molecule has 5 heteroatoms. The lowest BCUT2D eigenvalue weighted by atomic mass is 9.91. The van der Waals surface area contributed by atoms with Crippen LogP contribution in [0.25, 0.3) is 0 Å². The van der Waals surface area contributed by atoms with Crippen LogP contribution in [0.4, 0.5) is 13.2 Å². The highest BCUT2D eigenvalue weighted by molar-refractivity contribution is 6.08. The number of hydrogen-bond acceptors (Lipinski definition) is 1. The van der Waals surface area contributed by atoms with Crippen molar-refractivity contribution in [3.05, 3.63) is 34.9 Å². The number of halogens is 3. The van der Waals surface area contributed by atoms with Gasteiger partial charge in [-0.25, -0.2) is 0 Å². The standard InChI is InChI=1S/C9H5BF3N/c10-4-7-2-1-6(5-14)3-8(7)9(11,12)13/h1-3H,4H2. The largest absolute Gasteiger partial charge is 0.416 e. The Balaban J connectivity index is 3.31. The molecule has 0 heterocycles. The summed E-state index contributed by atoms with van der Waals surface area (Å²) in [6.45, 7) is 0. The summed E-state index contributed by atoms with van der Waals surface area (Å²) < 4.78 is 37.2. The van der Waals surface area contributed by atoms with E-state index in [1.165, 1.54) is 12.1 Å². The van der Waals surface area contributed by atoms with Crippen molar-refractivity contribution in [3.63, 3.8) is 0 Å². The summed E-state index contributed by atoms with van der Waals surface area (Å²) in [5, 5.41) is 8.44. The van der Waals surface area contributed by atoms with Crippen molar-refractivity contribution in [2.45, 2.75) is 12.5 Å². The minimum absolute atomic E-state index is 0.00324. The minimum atomic E-state index is -4.46. The van der Waals surface area contributed by atoms with Crippen LogP contribution >= 0.6 is 0 Å². The maximum absolute atomic E-state index is 12.4. The summed E-state index contributed by atoms with van der Waals surface area (Å²) in [6, 6.07) is 5.00. The van der Waals surface area contributed by atoms with Gasteiger partial charge in [0, 0.05) is 0 Å². The molecule has 2 radical (unpaired) electrons. The van der Waals surface area contributed by atoms with Gasteiger partial charge in [0.25, 0.3) is 0 Å². The zero-order chi connectivity index (χ0) is 10.8. The lowest BCUT2D eigenvalue weighted by Crippen LogP contribution is -2.09. The fourth-order valence-electron chi connectivity index (χ4n) is 1.09. The lowest BCUT2D eigenvalue weighted by molar-refractivity contribution is -0.138. The van der Waals surface area contributed by atoms with Crippen LogP contribution in [-0.4, -0.2) is 7.85 Å². The van der Waals surface area contributed by atoms with E-state index in [9.17, 15) is 13.2 Å². The van der Waals surface area contributed by atoms with Crippen LogP contribution in [0.1, 0.15) is 16.7 Å². The summed E-state index contributed by atoms with van der Waals surface area (Å²) in [5.74, 6) is 0. The van der Waals surface area contributed by atoms with Gasteiger partial charge in [-0.05, 0) is 17.7 Å². The highest BCUT2D eigenvalue weighted by atomic mass is 19.4. The van der Waals surface area contributed by atoms with Crippen molar-refractivity contribution in [3.8, 4) is 6.07 Å². The van der Waals surface area contributed by atoms with Crippen LogP contribution in [0.3, 0.4) is 0 Å². The molecule has 0 aromatic heterocycles. The van der Waals surface area contributed by atoms with Crippen molar-refractivity contribution in [2.24, 2.45) is 0 Å². The monoisotopic (exact) mass is 195 g/mol. The molecule has 0 aliphatic rings. The molecule has 0 atom stereocenters. The normalized spacial score (nSPS) is 11.0. The van der Waals surface area contributed by atoms with Crippen molar-refractivity contribution in [1.29, 1.82) is 5.26 Å². The average Bonchev–Trinajstić information content (AvgIpc) is 2.15. The van der Waals surface area contributed by atoms with Gasteiger partial charge >= 0.3 is 6.18 Å². The molecule has 0 spiro atoms. The second-order valence-electron chi connectivity index (χ2n) is 2.69. The number of benzene rings is 1. The van der Waals surface area contributed by atoms with Gasteiger partial charge in [-0.1, -0.05) is 12.4 Å². The van der Waals surface area contributed by atoms with E-state index in [1.807, 2.05) is 0 Å². The van der Waals surface area contributed by atoms with Crippen molar-refractivity contribution >= 4 is 7.85 Å². The first kappa shape index (κ1) is 10.6. The summed E-state index contributed by atoms with van der Waals surface area (Å²) in [4.78, 5) is 0. The quantitative estimate of drug-likeness (QED) is 0.630. The van der Waals surface area contributed by atoms with E-state index in [0.29, 0.717) is 0 Å². The summed E-state index contributed by atoms with van der Waals surface area (Å²) in [7, 11) is 5.16. The molecule has 0 unspecified atom stereocenters. The predicted octanol–water partition coefficient (Wildman–Crippen LogP) is 2.25. The van der Waals surface area contributed by atoms with Crippen LogP contribution in [-0.2, 0) is 12.5 Å². The number of alkyl halides is 3. The molecule has 0 fully saturated rings. The number of nitriles is 1. The third-order valence-corrected chi connectivity index (χ3v) is 1.76. The van der Waals surface area contributed by atoms with Crippen LogP contribution in [0.15, 0.2) is 18.2 Å². The number of hydrogen-bond donors (Lipinski definition) is 0. The van der Waals surface area contributed by atoms with Crippen LogP contribution in [0, 0.1) is 11.3 Å². The topological polar surface area (TPSA) is 23.8 Å². The molecule has 1 nitrogen and oxygen atoms in total. The van der Waals surface area contributed by atoms with Gasteiger partial charge in [-0.2, -0.15) is 18.4 Å². The highest BCUT2D eigenvalue weighted by Gasteiger charge is 2.32. The van der Waals surface area contributed by atoms with E-state index in [2.05, 4.69) is 0 Å². The lowest BCUT2D eigenvalue weighted by Gasteiger charge is -2.11. The molecule has 0 saturated carbocycles. The second-order valence-corrected chi connectivity index (χ2v) is 2.69. The highest BCUT2D eigenvalue weighted by Crippen LogP contribution is 2.32. The average molecular weight is 195 g/mol. The minimum Gasteiger partial charge on any atom is -0.192 e. The molecule has 0 saturated heterocycles. The Morgan fingerprint density at radius 2 is 2.00 bits per heavy atom. The van der Waals surface area contributed by atoms with Gasteiger partial charge in [0.1, 0.15) is 0 Å². The van der Waals surface area contributed by atoms with Crippen LogP contribution in [0.2, 0.25) is 0 Å². The zero-order valence-corrected chi connectivity index (χ0v) is 7.10. The first-order valence-electron chi connectivity index (χ1n) is 3.79. The van der Waals surface area contributed by atoms with E-state index in [1.54, 1.807) is 6.07 Å². The predicted molar refractivity (Wildman–Crippen MR) is 45.6 cm³/mol. The molecule has 1 aromatic rings. The summed E-state index contributed by atoms with van der Waals surface area (Å²) in [5.41, 5.74) is -0.856. The number of rotatable bonds is 1. The smallest absolute Gasteiger partial charge is 0.192 e. The van der Waals surface area contributed by atoms with E-state index < -0.39 is 11.7 Å². The Labute approximate surface area is 80.6 Å². The fraction of sp³-hybridized carbons (Fsp3) is 0.222. The van der Waals surface area contributed by atoms with Crippen molar-refractivity contribution < 1.29 is 13.2 Å². The van der Waals surface area contributed by atoms with Crippen LogP contribution in [0.5, 0.6) is 0 Å². The van der Waals surface area contributed by atoms with Gasteiger partial charge in [-0.15, -0.1) is 0 Å². The van der Waals surface area contributed by atoms with Crippen LogP contribution < -0.4 is 0 Å². The fourth-order valence-corrected chi connectivity index (χ4v) is 1.09. The molecule has 14 heavy (non-hydrogen) atoms. The second kappa shape index (κ2) is 3.75. The molecular formula is C9H5BF3N. The van der Waals surface area contributed by atoms with Gasteiger partial charge in [0.15, 0.2) is 0 Å². The van der Waals surface area contributed by atoms with Crippen molar-refractivity contribution in [1.82, 2.24) is 0 Å². The maximum atomic E-state index is 12.4. The molecule has 0 aliphatic carbocycles. The van der Waals surface area contributed by atoms with Gasteiger partial charge in [0.2, 0.25) is 0 Å². The first-order chi connectivity index (χ1) is 6.49. The molecule has 70 valence electrons. The Morgan fingerprint density at radius 3 is 2.43 bits per heavy atom. The summed E-state index contributed by atoms with van der Waals surface area (Å²) in [6.07, 6.45) is -4.65. The SMILES string of the molecule is [B]Cc1ccc(C#N)cc1C(F)(F)F. The Hall–Kier alpha value is -1.44. The van der Waals surface area contributed by atoms with Gasteiger partial charge in [0.05, 0.1) is 25.0 Å². The Morgan fingerprint density at radius 1 is 1.36 bits per heavy atom. The number of nitrogens with zero attached hydrogens (tertiary/aromatic N) is 1.